The minimum atomic E-state index is -0.858. The number of aromatic nitrogens is 2. The van der Waals surface area contributed by atoms with Gasteiger partial charge in [0.15, 0.2) is 0 Å². The zero-order valence-corrected chi connectivity index (χ0v) is 19.9. The van der Waals surface area contributed by atoms with E-state index in [-0.39, 0.29) is 6.03 Å². The van der Waals surface area contributed by atoms with Crippen LogP contribution in [0.3, 0.4) is 0 Å². The van der Waals surface area contributed by atoms with Crippen molar-refractivity contribution >= 4 is 22.5 Å². The maximum atomic E-state index is 12.3. The van der Waals surface area contributed by atoms with Crippen molar-refractivity contribution in [2.75, 3.05) is 17.3 Å². The molecule has 1 aromatic heterocycles. The zero-order valence-electron chi connectivity index (χ0n) is 19.1. The van der Waals surface area contributed by atoms with E-state index in [9.17, 15) is 9.00 Å². The standard InChI is InChI=1S/C26H32N4O2S/c1-33(32)17-16-30-24(19-27-25(30)22-10-6-3-7-11-22)21-12-14-23(15-13-21)29-26(31)28-18-20-8-4-2-5-9-20/h2,4-5,8-9,12-15,19,22H,3,6-7,10-11,16-18H2,1H3,(H2,28,29,31). The second-order valence-corrected chi connectivity index (χ2v) is 10.2. The van der Waals surface area contributed by atoms with Crippen molar-refractivity contribution in [2.45, 2.75) is 51.1 Å². The van der Waals surface area contributed by atoms with Gasteiger partial charge in [-0.2, -0.15) is 0 Å². The number of nitrogens with zero attached hydrogens (tertiary/aromatic N) is 2. The molecule has 4 rings (SSSR count). The molecule has 3 aromatic rings. The summed E-state index contributed by atoms with van der Waals surface area (Å²) in [6.45, 7) is 1.18. The van der Waals surface area contributed by atoms with E-state index in [4.69, 9.17) is 4.98 Å². The Kier molecular flexibility index (Phi) is 7.94. The van der Waals surface area contributed by atoms with Gasteiger partial charge >= 0.3 is 6.03 Å². The van der Waals surface area contributed by atoms with Crippen molar-refractivity contribution in [3.05, 3.63) is 72.2 Å². The average molecular weight is 465 g/mol. The number of hydrogen-bond donors (Lipinski definition) is 2. The Labute approximate surface area is 198 Å². The van der Waals surface area contributed by atoms with Gasteiger partial charge in [-0.25, -0.2) is 9.78 Å². The van der Waals surface area contributed by atoms with E-state index in [1.807, 2.05) is 60.8 Å². The quantitative estimate of drug-likeness (QED) is 0.475. The highest BCUT2D eigenvalue weighted by atomic mass is 32.2. The van der Waals surface area contributed by atoms with Crippen LogP contribution in [0.4, 0.5) is 10.5 Å². The van der Waals surface area contributed by atoms with Gasteiger partial charge in [0.05, 0.1) is 11.9 Å². The Hall–Kier alpha value is -2.93. The van der Waals surface area contributed by atoms with Gasteiger partial charge < -0.3 is 15.2 Å². The molecule has 1 atom stereocenters. The van der Waals surface area contributed by atoms with Crippen molar-refractivity contribution in [1.82, 2.24) is 14.9 Å². The molecule has 1 fully saturated rings. The lowest BCUT2D eigenvalue weighted by molar-refractivity contribution is 0.251. The molecule has 6 nitrogen and oxygen atoms in total. The van der Waals surface area contributed by atoms with E-state index in [1.54, 1.807) is 6.26 Å². The summed E-state index contributed by atoms with van der Waals surface area (Å²) in [6, 6.07) is 17.4. The van der Waals surface area contributed by atoms with Gasteiger partial charge in [0.1, 0.15) is 5.82 Å². The van der Waals surface area contributed by atoms with Crippen LogP contribution in [-0.4, -0.2) is 31.8 Å². The van der Waals surface area contributed by atoms with Gasteiger partial charge in [-0.15, -0.1) is 0 Å². The monoisotopic (exact) mass is 464 g/mol. The van der Waals surface area contributed by atoms with E-state index >= 15 is 0 Å². The molecule has 1 aliphatic carbocycles. The largest absolute Gasteiger partial charge is 0.334 e. The maximum absolute atomic E-state index is 12.3. The van der Waals surface area contributed by atoms with Gasteiger partial charge in [0, 0.05) is 47.5 Å². The molecule has 33 heavy (non-hydrogen) atoms. The van der Waals surface area contributed by atoms with Crippen molar-refractivity contribution < 1.29 is 9.00 Å². The summed E-state index contributed by atoms with van der Waals surface area (Å²) >= 11 is 0. The highest BCUT2D eigenvalue weighted by Crippen LogP contribution is 2.34. The first-order valence-corrected chi connectivity index (χ1v) is 13.4. The average Bonchev–Trinajstić information content (AvgIpc) is 3.27. The van der Waals surface area contributed by atoms with Gasteiger partial charge in [0.25, 0.3) is 0 Å². The number of anilines is 1. The number of rotatable bonds is 8. The molecule has 0 radical (unpaired) electrons. The summed E-state index contributed by atoms with van der Waals surface area (Å²) < 4.78 is 14.1. The third-order valence-corrected chi connectivity index (χ3v) is 6.95. The lowest BCUT2D eigenvalue weighted by Crippen LogP contribution is -2.28. The lowest BCUT2D eigenvalue weighted by Gasteiger charge is -2.23. The van der Waals surface area contributed by atoms with Crippen LogP contribution in [0.1, 0.15) is 49.4 Å². The van der Waals surface area contributed by atoms with Crippen LogP contribution < -0.4 is 10.6 Å². The molecule has 2 N–H and O–H groups in total. The lowest BCUT2D eigenvalue weighted by atomic mass is 9.88. The van der Waals surface area contributed by atoms with Crippen molar-refractivity contribution in [3.8, 4) is 11.3 Å². The van der Waals surface area contributed by atoms with Crippen LogP contribution >= 0.6 is 0 Å². The molecule has 1 heterocycles. The highest BCUT2D eigenvalue weighted by Gasteiger charge is 2.22. The fourth-order valence-corrected chi connectivity index (χ4v) is 4.88. The van der Waals surface area contributed by atoms with Gasteiger partial charge in [-0.1, -0.05) is 61.7 Å². The molecule has 7 heteroatoms. The Bertz CT molecular complexity index is 1070. The summed E-state index contributed by atoms with van der Waals surface area (Å²) in [6.07, 6.45) is 9.84. The number of hydrogen-bond acceptors (Lipinski definition) is 3. The fraction of sp³-hybridized carbons (Fsp3) is 0.385. The first-order valence-electron chi connectivity index (χ1n) is 11.6. The minimum absolute atomic E-state index is 0.235. The Morgan fingerprint density at radius 3 is 2.48 bits per heavy atom. The van der Waals surface area contributed by atoms with Gasteiger partial charge in [-0.05, 0) is 36.1 Å². The predicted molar refractivity (Wildman–Crippen MR) is 135 cm³/mol. The number of imidazole rings is 1. The Morgan fingerprint density at radius 2 is 1.79 bits per heavy atom. The summed E-state index contributed by atoms with van der Waals surface area (Å²) in [7, 11) is -0.858. The van der Waals surface area contributed by atoms with E-state index in [0.717, 1.165) is 28.3 Å². The maximum Gasteiger partial charge on any atom is 0.319 e. The molecule has 0 spiro atoms. The molecule has 0 saturated heterocycles. The summed E-state index contributed by atoms with van der Waals surface area (Å²) in [5.41, 5.74) is 3.87. The smallest absolute Gasteiger partial charge is 0.319 e. The van der Waals surface area contributed by atoms with E-state index in [1.165, 1.54) is 32.1 Å². The summed E-state index contributed by atoms with van der Waals surface area (Å²) in [4.78, 5) is 17.1. The number of urea groups is 1. The minimum Gasteiger partial charge on any atom is -0.334 e. The van der Waals surface area contributed by atoms with Crippen LogP contribution in [0.15, 0.2) is 60.8 Å². The molecule has 174 valence electrons. The third-order valence-electron chi connectivity index (χ3n) is 6.19. The van der Waals surface area contributed by atoms with Crippen LogP contribution in [0.25, 0.3) is 11.3 Å². The van der Waals surface area contributed by atoms with Gasteiger partial charge in [-0.3, -0.25) is 4.21 Å². The first-order chi connectivity index (χ1) is 16.1. The molecule has 2 amide bonds. The van der Waals surface area contributed by atoms with Crippen molar-refractivity contribution in [3.63, 3.8) is 0 Å². The Balaban J connectivity index is 1.45. The van der Waals surface area contributed by atoms with E-state index in [2.05, 4.69) is 15.2 Å². The van der Waals surface area contributed by atoms with E-state index < -0.39 is 10.8 Å². The fourth-order valence-electron chi connectivity index (χ4n) is 4.44. The van der Waals surface area contributed by atoms with Crippen LogP contribution in [0, 0.1) is 0 Å². The zero-order chi connectivity index (χ0) is 23.0. The third kappa shape index (κ3) is 6.32. The van der Waals surface area contributed by atoms with Gasteiger partial charge in [0.2, 0.25) is 0 Å². The second-order valence-electron chi connectivity index (χ2n) is 8.64. The number of carbonyl (C=O) groups is 1. The predicted octanol–water partition coefficient (Wildman–Crippen LogP) is 5.30. The second kappa shape index (κ2) is 11.3. The number of carbonyl (C=O) groups excluding carboxylic acids is 1. The topological polar surface area (TPSA) is 76.0 Å². The van der Waals surface area contributed by atoms with Crippen LogP contribution in [0.5, 0.6) is 0 Å². The summed E-state index contributed by atoms with van der Waals surface area (Å²) in [5, 5.41) is 5.77. The van der Waals surface area contributed by atoms with E-state index in [0.29, 0.717) is 24.8 Å². The summed E-state index contributed by atoms with van der Waals surface area (Å²) in [5.74, 6) is 2.22. The normalized spacial score (nSPS) is 15.2. The molecule has 1 unspecified atom stereocenters. The van der Waals surface area contributed by atoms with Crippen LogP contribution in [-0.2, 0) is 23.9 Å². The number of nitrogens with one attached hydrogen (secondary N) is 2. The highest BCUT2D eigenvalue weighted by molar-refractivity contribution is 7.84. The molecular formula is C26H32N4O2S. The van der Waals surface area contributed by atoms with Crippen molar-refractivity contribution in [2.24, 2.45) is 0 Å². The molecule has 0 aliphatic heterocycles. The molecule has 1 aliphatic rings. The molecule has 1 saturated carbocycles. The van der Waals surface area contributed by atoms with Crippen LogP contribution in [0.2, 0.25) is 0 Å². The SMILES string of the molecule is CS(=O)CCn1c(-c2ccc(NC(=O)NCc3ccccc3)cc2)cnc1C1CCCCC1. The molecular weight excluding hydrogens is 432 g/mol. The first kappa shape index (κ1) is 23.2. The number of amides is 2. The molecule has 0 bridgehead atoms. The molecule has 2 aromatic carbocycles. The van der Waals surface area contributed by atoms with Crippen molar-refractivity contribution in [1.29, 1.82) is 0 Å². The Morgan fingerprint density at radius 1 is 1.06 bits per heavy atom. The number of benzene rings is 2.